The van der Waals surface area contributed by atoms with Crippen molar-refractivity contribution in [3.05, 3.63) is 65.7 Å². The first-order valence-electron chi connectivity index (χ1n) is 9.51. The Balaban J connectivity index is 2.18. The van der Waals surface area contributed by atoms with E-state index in [4.69, 9.17) is 10.7 Å². The van der Waals surface area contributed by atoms with Crippen molar-refractivity contribution in [3.63, 3.8) is 0 Å². The maximum Gasteiger partial charge on any atom is 0.272 e. The van der Waals surface area contributed by atoms with Crippen LogP contribution in [-0.4, -0.2) is 60.3 Å². The number of rotatable bonds is 7. The normalized spacial score (nSPS) is 16.9. The highest BCUT2D eigenvalue weighted by Gasteiger charge is 2.36. The SMILES string of the molecule is CN(C(=O)C(N)CS)C1N=C(c2ccccc2)c2ccccc2N(CC[C]=O)C1=O. The fourth-order valence-electron chi connectivity index (χ4n) is 3.34. The molecule has 0 bridgehead atoms. The van der Waals surface area contributed by atoms with E-state index in [2.05, 4.69) is 12.6 Å². The van der Waals surface area contributed by atoms with Gasteiger partial charge in [-0.25, -0.2) is 4.99 Å². The second-order valence-electron chi connectivity index (χ2n) is 6.86. The molecule has 2 unspecified atom stereocenters. The zero-order chi connectivity index (χ0) is 21.7. The Kier molecular flexibility index (Phi) is 7.02. The largest absolute Gasteiger partial charge is 0.319 e. The van der Waals surface area contributed by atoms with Gasteiger partial charge in [0.05, 0.1) is 17.4 Å². The number of anilines is 1. The number of nitrogens with two attached hydrogens (primary N) is 1. The van der Waals surface area contributed by atoms with Crippen molar-refractivity contribution in [2.75, 3.05) is 24.2 Å². The van der Waals surface area contributed by atoms with E-state index in [9.17, 15) is 14.4 Å². The molecule has 0 saturated carbocycles. The lowest BCUT2D eigenvalue weighted by atomic mass is 10.0. The molecule has 0 aromatic heterocycles. The highest BCUT2D eigenvalue weighted by molar-refractivity contribution is 7.80. The number of aliphatic imine (C=N–C) groups is 1. The van der Waals surface area contributed by atoms with Crippen LogP contribution in [0.5, 0.6) is 0 Å². The maximum atomic E-state index is 13.5. The van der Waals surface area contributed by atoms with Crippen LogP contribution in [0.25, 0.3) is 0 Å². The Morgan fingerprint density at radius 3 is 2.57 bits per heavy atom. The van der Waals surface area contributed by atoms with E-state index >= 15 is 0 Å². The number of para-hydroxylation sites is 1. The maximum absolute atomic E-state index is 13.5. The first-order valence-corrected chi connectivity index (χ1v) is 10.1. The molecule has 3 rings (SSSR count). The summed E-state index contributed by atoms with van der Waals surface area (Å²) in [4.78, 5) is 44.6. The molecule has 0 spiro atoms. The molecule has 2 amide bonds. The number of benzodiazepines with no additional fused rings is 1. The minimum Gasteiger partial charge on any atom is -0.319 e. The molecule has 0 fully saturated rings. The number of thiol groups is 1. The summed E-state index contributed by atoms with van der Waals surface area (Å²) in [5, 5.41) is 0. The van der Waals surface area contributed by atoms with Crippen LogP contribution >= 0.6 is 12.6 Å². The van der Waals surface area contributed by atoms with Crippen LogP contribution in [0, 0.1) is 0 Å². The lowest BCUT2D eigenvalue weighted by Crippen LogP contribution is -2.53. The molecule has 2 aromatic carbocycles. The number of hydrogen-bond acceptors (Lipinski definition) is 6. The minimum absolute atomic E-state index is 0.0429. The second kappa shape index (κ2) is 9.69. The number of hydrogen-bond donors (Lipinski definition) is 2. The predicted octanol–water partition coefficient (Wildman–Crippen LogP) is 1.41. The molecule has 1 heterocycles. The third-order valence-corrected chi connectivity index (χ3v) is 5.29. The standard InChI is InChI=1S/C22H23N4O3S/c1-25(21(28)17(23)14-30)20-22(29)26(12-7-13-27)18-11-6-5-10-16(18)19(24-20)15-8-3-2-4-9-15/h2-6,8-11,17,20,30H,7,12,14,23H2,1H3. The Morgan fingerprint density at radius 2 is 1.90 bits per heavy atom. The molecule has 30 heavy (non-hydrogen) atoms. The van der Waals surface area contributed by atoms with E-state index < -0.39 is 24.0 Å². The molecule has 0 aliphatic carbocycles. The first kappa shape index (κ1) is 21.7. The average molecular weight is 424 g/mol. The summed E-state index contributed by atoms with van der Waals surface area (Å²) in [6.07, 6.45) is 0.748. The zero-order valence-corrected chi connectivity index (χ0v) is 17.5. The summed E-state index contributed by atoms with van der Waals surface area (Å²) in [5.41, 5.74) is 8.62. The fraction of sp³-hybridized carbons (Fsp3) is 0.273. The quantitative estimate of drug-likeness (QED) is 0.658. The minimum atomic E-state index is -1.13. The summed E-state index contributed by atoms with van der Waals surface area (Å²) in [6, 6.07) is 15.9. The van der Waals surface area contributed by atoms with Gasteiger partial charge in [0.1, 0.15) is 0 Å². The molecule has 1 aliphatic rings. The molecule has 0 saturated heterocycles. The molecule has 1 aliphatic heterocycles. The van der Waals surface area contributed by atoms with E-state index in [0.717, 1.165) is 11.1 Å². The molecule has 7 nitrogen and oxygen atoms in total. The van der Waals surface area contributed by atoms with E-state index in [1.165, 1.54) is 16.8 Å². The molecule has 2 atom stereocenters. The number of benzene rings is 2. The van der Waals surface area contributed by atoms with Crippen LogP contribution in [0.4, 0.5) is 5.69 Å². The monoisotopic (exact) mass is 423 g/mol. The number of likely N-dealkylation sites (N-methyl/N-ethyl adjacent to an activating group) is 1. The number of amides is 2. The van der Waals surface area contributed by atoms with Gasteiger partial charge >= 0.3 is 0 Å². The van der Waals surface area contributed by atoms with E-state index in [0.29, 0.717) is 11.4 Å². The van der Waals surface area contributed by atoms with Crippen LogP contribution in [0.2, 0.25) is 0 Å². The Hall–Kier alpha value is -2.97. The Morgan fingerprint density at radius 1 is 1.23 bits per heavy atom. The van der Waals surface area contributed by atoms with Crippen LogP contribution < -0.4 is 10.6 Å². The summed E-state index contributed by atoms with van der Waals surface area (Å²) in [7, 11) is 1.50. The van der Waals surface area contributed by atoms with Gasteiger partial charge in [0.15, 0.2) is 6.29 Å². The van der Waals surface area contributed by atoms with E-state index in [1.54, 1.807) is 6.07 Å². The first-order chi connectivity index (χ1) is 14.5. The van der Waals surface area contributed by atoms with Gasteiger partial charge in [-0.1, -0.05) is 48.5 Å². The number of carbonyl (C=O) groups is 2. The van der Waals surface area contributed by atoms with Crippen LogP contribution in [0.1, 0.15) is 17.5 Å². The molecule has 8 heteroatoms. The number of fused-ring (bicyclic) bond motifs is 1. The van der Waals surface area contributed by atoms with Crippen molar-refractivity contribution in [2.45, 2.75) is 18.6 Å². The van der Waals surface area contributed by atoms with E-state index in [-0.39, 0.29) is 18.7 Å². The summed E-state index contributed by atoms with van der Waals surface area (Å²) >= 11 is 4.09. The van der Waals surface area contributed by atoms with Gasteiger partial charge < -0.3 is 15.5 Å². The van der Waals surface area contributed by atoms with Gasteiger partial charge in [-0.2, -0.15) is 12.6 Å². The smallest absolute Gasteiger partial charge is 0.272 e. The highest BCUT2D eigenvalue weighted by atomic mass is 32.1. The lowest BCUT2D eigenvalue weighted by Gasteiger charge is -2.30. The topological polar surface area (TPSA) is 96.1 Å². The molecule has 1 radical (unpaired) electrons. The zero-order valence-electron chi connectivity index (χ0n) is 16.6. The van der Waals surface area contributed by atoms with Crippen molar-refractivity contribution in [1.29, 1.82) is 0 Å². The Labute approximate surface area is 181 Å². The lowest BCUT2D eigenvalue weighted by molar-refractivity contribution is -0.138. The van der Waals surface area contributed by atoms with Gasteiger partial charge in [-0.15, -0.1) is 0 Å². The predicted molar refractivity (Wildman–Crippen MR) is 120 cm³/mol. The van der Waals surface area contributed by atoms with Gasteiger partial charge in [0.2, 0.25) is 12.1 Å². The third-order valence-electron chi connectivity index (χ3n) is 4.90. The number of nitrogens with zero attached hydrogens (tertiary/aromatic N) is 3. The van der Waals surface area contributed by atoms with Crippen molar-refractivity contribution >= 4 is 42.1 Å². The fourth-order valence-corrected chi connectivity index (χ4v) is 3.50. The van der Waals surface area contributed by atoms with Gasteiger partial charge in [-0.05, 0) is 6.07 Å². The summed E-state index contributed by atoms with van der Waals surface area (Å²) in [5.74, 6) is -0.707. The van der Waals surface area contributed by atoms with Crippen molar-refractivity contribution in [3.8, 4) is 0 Å². The van der Waals surface area contributed by atoms with Gasteiger partial charge in [-0.3, -0.25) is 14.4 Å². The molecular formula is C22H23N4O3S. The third kappa shape index (κ3) is 4.29. The van der Waals surface area contributed by atoms with Gasteiger partial charge in [0.25, 0.3) is 5.91 Å². The van der Waals surface area contributed by atoms with Crippen molar-refractivity contribution in [1.82, 2.24) is 4.90 Å². The summed E-state index contributed by atoms with van der Waals surface area (Å²) < 4.78 is 0. The second-order valence-corrected chi connectivity index (χ2v) is 7.22. The molecule has 2 aromatic rings. The van der Waals surface area contributed by atoms with Crippen molar-refractivity contribution in [2.24, 2.45) is 10.7 Å². The molecule has 155 valence electrons. The van der Waals surface area contributed by atoms with Crippen molar-refractivity contribution < 1.29 is 14.4 Å². The van der Waals surface area contributed by atoms with Crippen LogP contribution in [-0.2, 0) is 14.4 Å². The van der Waals surface area contributed by atoms with Crippen LogP contribution in [0.3, 0.4) is 0 Å². The Bertz CT molecular complexity index is 964. The molecular weight excluding hydrogens is 400 g/mol. The average Bonchev–Trinajstić information content (AvgIpc) is 2.91. The van der Waals surface area contributed by atoms with Crippen LogP contribution in [0.15, 0.2) is 59.6 Å². The van der Waals surface area contributed by atoms with Gasteiger partial charge in [0, 0.05) is 36.9 Å². The number of carbonyl (C=O) groups excluding carboxylic acids is 3. The summed E-state index contributed by atoms with van der Waals surface area (Å²) in [6.45, 7) is 0.133. The highest BCUT2D eigenvalue weighted by Crippen LogP contribution is 2.29. The van der Waals surface area contributed by atoms with E-state index in [1.807, 2.05) is 54.8 Å². The molecule has 2 N–H and O–H groups in total.